The van der Waals surface area contributed by atoms with Crippen molar-refractivity contribution in [1.29, 1.82) is 0 Å². The maximum absolute atomic E-state index is 13.7. The molecule has 1 unspecified atom stereocenters. The lowest BCUT2D eigenvalue weighted by Gasteiger charge is -2.34. The third kappa shape index (κ3) is 9.66. The van der Waals surface area contributed by atoms with Crippen molar-refractivity contribution in [3.8, 4) is 11.4 Å². The van der Waals surface area contributed by atoms with Crippen LogP contribution in [0.4, 0.5) is 10.6 Å². The van der Waals surface area contributed by atoms with E-state index in [4.69, 9.17) is 9.47 Å². The molecule has 3 aromatic rings. The van der Waals surface area contributed by atoms with Crippen LogP contribution in [0.25, 0.3) is 5.69 Å². The summed E-state index contributed by atoms with van der Waals surface area (Å²) in [6.07, 6.45) is -0.654. The van der Waals surface area contributed by atoms with E-state index < -0.39 is 22.5 Å². The third-order valence-electron chi connectivity index (χ3n) is 5.47. The Morgan fingerprint density at radius 1 is 1.00 bits per heavy atom. The Hall–Kier alpha value is -3.46. The number of benzene rings is 2. The lowest BCUT2D eigenvalue weighted by atomic mass is 10.0. The monoisotopic (exact) mass is 554 g/mol. The average Bonchev–Trinajstić information content (AvgIpc) is 3.26. The number of rotatable bonds is 9. The number of nitrogens with one attached hydrogen (secondary N) is 2. The highest BCUT2D eigenvalue weighted by molar-refractivity contribution is 7.99. The van der Waals surface area contributed by atoms with Gasteiger partial charge in [0.25, 0.3) is 0 Å². The molecule has 1 heterocycles. The number of para-hydroxylation sites is 1. The first-order valence-corrected chi connectivity index (χ1v) is 14.1. The van der Waals surface area contributed by atoms with E-state index in [9.17, 15) is 9.59 Å². The lowest BCUT2D eigenvalue weighted by Crippen LogP contribution is -2.55. The van der Waals surface area contributed by atoms with Gasteiger partial charge >= 0.3 is 6.09 Å². The van der Waals surface area contributed by atoms with Gasteiger partial charge < -0.3 is 20.1 Å². The molecule has 2 amide bonds. The smallest absolute Gasteiger partial charge is 0.408 e. The Kier molecular flexibility index (Phi) is 11.5. The normalized spacial score (nSPS) is 12.0. The van der Waals surface area contributed by atoms with Gasteiger partial charge in [-0.3, -0.25) is 4.79 Å². The Morgan fingerprint density at radius 3 is 2.18 bits per heavy atom. The van der Waals surface area contributed by atoms with Gasteiger partial charge in [-0.1, -0.05) is 44.2 Å². The summed E-state index contributed by atoms with van der Waals surface area (Å²) >= 11 is 1.56. The molecular weight excluding hydrogens is 512 g/mol. The molecule has 0 bridgehead atoms. The largest absolute Gasteiger partial charge is 0.497 e. The Labute approximate surface area is 236 Å². The number of anilines is 1. The zero-order valence-electron chi connectivity index (χ0n) is 24.5. The number of carbonyl (C=O) groups is 2. The molecule has 0 radical (unpaired) electrons. The number of methoxy groups -OCH3 is 1. The first-order chi connectivity index (χ1) is 18.4. The van der Waals surface area contributed by atoms with Crippen LogP contribution < -0.4 is 15.4 Å². The van der Waals surface area contributed by atoms with Crippen molar-refractivity contribution in [3.63, 3.8) is 0 Å². The highest BCUT2D eigenvalue weighted by Crippen LogP contribution is 2.33. The van der Waals surface area contributed by atoms with Gasteiger partial charge in [0, 0.05) is 16.6 Å². The van der Waals surface area contributed by atoms with Crippen LogP contribution in [0.3, 0.4) is 0 Å². The highest BCUT2D eigenvalue weighted by Gasteiger charge is 2.38. The summed E-state index contributed by atoms with van der Waals surface area (Å²) in [6, 6.07) is 18.2. The van der Waals surface area contributed by atoms with Gasteiger partial charge in [0.1, 0.15) is 23.2 Å². The molecule has 0 saturated heterocycles. The van der Waals surface area contributed by atoms with Crippen LogP contribution >= 0.6 is 11.8 Å². The van der Waals surface area contributed by atoms with Gasteiger partial charge in [-0.05, 0) is 71.4 Å². The molecule has 0 saturated carbocycles. The molecule has 2 aromatic carbocycles. The molecule has 3 rings (SSSR count). The molecule has 1 aromatic heterocycles. The molecule has 8 nitrogen and oxygen atoms in total. The Morgan fingerprint density at radius 2 is 1.62 bits per heavy atom. The van der Waals surface area contributed by atoms with Crippen molar-refractivity contribution in [2.75, 3.05) is 12.4 Å². The summed E-state index contributed by atoms with van der Waals surface area (Å²) in [7, 11) is 1.63. The van der Waals surface area contributed by atoms with Crippen molar-refractivity contribution in [3.05, 3.63) is 71.9 Å². The van der Waals surface area contributed by atoms with E-state index in [0.29, 0.717) is 11.6 Å². The summed E-state index contributed by atoms with van der Waals surface area (Å²) in [5.74, 6) is 1.57. The minimum absolute atomic E-state index is 0.366. The van der Waals surface area contributed by atoms with Gasteiger partial charge in [0.2, 0.25) is 5.91 Å². The van der Waals surface area contributed by atoms with Crippen molar-refractivity contribution >= 4 is 29.6 Å². The third-order valence-corrected chi connectivity index (χ3v) is 6.93. The van der Waals surface area contributed by atoms with E-state index in [1.807, 2.05) is 89.2 Å². The van der Waals surface area contributed by atoms with Gasteiger partial charge in [-0.15, -0.1) is 11.8 Å². The van der Waals surface area contributed by atoms with Crippen molar-refractivity contribution < 1.29 is 19.1 Å². The van der Waals surface area contributed by atoms with Crippen LogP contribution in [0.1, 0.15) is 59.7 Å². The fourth-order valence-corrected chi connectivity index (χ4v) is 4.67. The minimum atomic E-state index is -0.898. The van der Waals surface area contributed by atoms with Crippen LogP contribution in [0, 0.1) is 6.92 Å². The van der Waals surface area contributed by atoms with Crippen molar-refractivity contribution in [2.45, 2.75) is 77.5 Å². The molecule has 0 spiro atoms. The fourth-order valence-electron chi connectivity index (χ4n) is 3.61. The number of hydrogen-bond donors (Lipinski definition) is 2. The summed E-state index contributed by atoms with van der Waals surface area (Å²) in [4.78, 5) is 26.5. The second-order valence-corrected chi connectivity index (χ2v) is 11.9. The summed E-state index contributed by atoms with van der Waals surface area (Å²) in [5, 5.41) is 10.3. The summed E-state index contributed by atoms with van der Waals surface area (Å²) in [6.45, 7) is 15.1. The standard InChI is InChI=1S/C28H36N4O4S.C2H6/c1-19-17-23(32(31-19)21-11-9-8-10-12-21)29-25(33)24(30-26(34)36-27(2,3)4)28(5,6)37-18-20-13-15-22(35-7)16-14-20;1-2/h8-17,24H,18H2,1-7H3,(H,29,33)(H,30,34);1-2H3. The molecular formula is C30H42N4O4S. The van der Waals surface area contributed by atoms with Crippen LogP contribution in [0.15, 0.2) is 60.7 Å². The first kappa shape index (κ1) is 31.8. The van der Waals surface area contributed by atoms with Crippen LogP contribution in [-0.2, 0) is 15.3 Å². The number of amides is 2. The number of thioether (sulfide) groups is 1. The highest BCUT2D eigenvalue weighted by atomic mass is 32.2. The van der Waals surface area contributed by atoms with E-state index in [0.717, 1.165) is 22.7 Å². The molecule has 0 aliphatic heterocycles. The van der Waals surface area contributed by atoms with Crippen LogP contribution in [0.5, 0.6) is 5.75 Å². The second kappa shape index (κ2) is 14.1. The Balaban J connectivity index is 0.00000260. The van der Waals surface area contributed by atoms with E-state index in [1.165, 1.54) is 0 Å². The number of hydrogen-bond acceptors (Lipinski definition) is 6. The van der Waals surface area contributed by atoms with Gasteiger partial charge in [0.15, 0.2) is 0 Å². The van der Waals surface area contributed by atoms with Crippen LogP contribution in [0.2, 0.25) is 0 Å². The fraction of sp³-hybridized carbons (Fsp3) is 0.433. The van der Waals surface area contributed by atoms with E-state index >= 15 is 0 Å². The van der Waals surface area contributed by atoms with Crippen molar-refractivity contribution in [2.24, 2.45) is 0 Å². The number of aromatic nitrogens is 2. The van der Waals surface area contributed by atoms with Gasteiger partial charge in [0.05, 0.1) is 18.5 Å². The molecule has 39 heavy (non-hydrogen) atoms. The molecule has 0 aliphatic carbocycles. The molecule has 2 N–H and O–H groups in total. The molecule has 212 valence electrons. The maximum Gasteiger partial charge on any atom is 0.408 e. The minimum Gasteiger partial charge on any atom is -0.497 e. The Bertz CT molecular complexity index is 1200. The molecule has 1 atom stereocenters. The predicted molar refractivity (Wildman–Crippen MR) is 160 cm³/mol. The number of ether oxygens (including phenoxy) is 2. The zero-order chi connectivity index (χ0) is 29.2. The lowest BCUT2D eigenvalue weighted by molar-refractivity contribution is -0.118. The van der Waals surface area contributed by atoms with Crippen LogP contribution in [-0.4, -0.2) is 45.3 Å². The number of alkyl carbamates (subject to hydrolysis) is 1. The SMILES string of the molecule is CC.COc1ccc(CSC(C)(C)C(NC(=O)OC(C)(C)C)C(=O)Nc2cc(C)nn2-c2ccccc2)cc1. The second-order valence-electron chi connectivity index (χ2n) is 10.2. The van der Waals surface area contributed by atoms with E-state index in [1.54, 1.807) is 50.4 Å². The summed E-state index contributed by atoms with van der Waals surface area (Å²) < 4.78 is 11.7. The van der Waals surface area contributed by atoms with Crippen molar-refractivity contribution in [1.82, 2.24) is 15.1 Å². The molecule has 9 heteroatoms. The number of aryl methyl sites for hydroxylation is 1. The number of carbonyl (C=O) groups excluding carboxylic acids is 2. The van der Waals surface area contributed by atoms with E-state index in [2.05, 4.69) is 15.7 Å². The zero-order valence-corrected chi connectivity index (χ0v) is 25.3. The summed E-state index contributed by atoms with van der Waals surface area (Å²) in [5.41, 5.74) is 1.95. The molecule has 0 aliphatic rings. The van der Waals surface area contributed by atoms with Gasteiger partial charge in [-0.25, -0.2) is 9.48 Å². The average molecular weight is 555 g/mol. The predicted octanol–water partition coefficient (Wildman–Crippen LogP) is 6.76. The maximum atomic E-state index is 13.7. The first-order valence-electron chi connectivity index (χ1n) is 13.1. The molecule has 0 fully saturated rings. The topological polar surface area (TPSA) is 94.5 Å². The van der Waals surface area contributed by atoms with E-state index in [-0.39, 0.29) is 5.91 Å². The number of nitrogens with zero attached hydrogens (tertiary/aromatic N) is 2. The van der Waals surface area contributed by atoms with Gasteiger partial charge in [-0.2, -0.15) is 5.10 Å². The quantitative estimate of drug-likeness (QED) is 0.304.